The molecule has 2 saturated heterocycles. The zero-order valence-electron chi connectivity index (χ0n) is 16.6. The van der Waals surface area contributed by atoms with Crippen molar-refractivity contribution < 1.29 is 9.53 Å². The first-order chi connectivity index (χ1) is 14.2. The molecule has 0 atom stereocenters. The highest BCUT2D eigenvalue weighted by Crippen LogP contribution is 2.41. The highest BCUT2D eigenvalue weighted by atomic mass is 16.5. The summed E-state index contributed by atoms with van der Waals surface area (Å²) in [5.74, 6) is 0.328. The molecule has 7 heteroatoms. The minimum atomic E-state index is -0.371. The molecule has 2 aliphatic rings. The monoisotopic (exact) mass is 391 g/mol. The van der Waals surface area contributed by atoms with Gasteiger partial charge in [0, 0.05) is 67.6 Å². The van der Waals surface area contributed by atoms with Crippen LogP contribution in [0.4, 0.5) is 5.95 Å². The molecule has 1 spiro atoms. The summed E-state index contributed by atoms with van der Waals surface area (Å²) in [5, 5.41) is 1.32. The maximum absolute atomic E-state index is 11.8. The third-order valence-corrected chi connectivity index (χ3v) is 6.07. The molecule has 150 valence electrons. The number of anilines is 1. The Labute approximate surface area is 169 Å². The third-order valence-electron chi connectivity index (χ3n) is 6.07. The van der Waals surface area contributed by atoms with Crippen molar-refractivity contribution in [2.24, 2.45) is 5.41 Å². The molecule has 2 fully saturated rings. The SMILES string of the molecule is CCOC(=O)c1cnc(N2CCC3(CN(Cc4cccc5[nH]ccc45)C3)C2)nc1. The molecule has 0 amide bonds. The van der Waals surface area contributed by atoms with Gasteiger partial charge in [-0.25, -0.2) is 14.8 Å². The average molecular weight is 391 g/mol. The van der Waals surface area contributed by atoms with Gasteiger partial charge in [0.25, 0.3) is 0 Å². The first-order valence-electron chi connectivity index (χ1n) is 10.2. The molecule has 1 aromatic carbocycles. The number of likely N-dealkylation sites (tertiary alicyclic amines) is 1. The van der Waals surface area contributed by atoms with Gasteiger partial charge in [0.2, 0.25) is 5.95 Å². The summed E-state index contributed by atoms with van der Waals surface area (Å²) >= 11 is 0. The Hall–Kier alpha value is -2.93. The van der Waals surface area contributed by atoms with Crippen molar-refractivity contribution in [2.75, 3.05) is 37.7 Å². The lowest BCUT2D eigenvalue weighted by Gasteiger charge is -2.48. The van der Waals surface area contributed by atoms with Crippen LogP contribution in [0.3, 0.4) is 0 Å². The predicted octanol–water partition coefficient (Wildman–Crippen LogP) is 2.85. The lowest BCUT2D eigenvalue weighted by Crippen LogP contribution is -2.56. The minimum absolute atomic E-state index is 0.329. The highest BCUT2D eigenvalue weighted by Gasteiger charge is 2.47. The molecule has 7 nitrogen and oxygen atoms in total. The maximum Gasteiger partial charge on any atom is 0.341 e. The van der Waals surface area contributed by atoms with Gasteiger partial charge < -0.3 is 14.6 Å². The van der Waals surface area contributed by atoms with Crippen molar-refractivity contribution in [1.29, 1.82) is 0 Å². The summed E-state index contributed by atoms with van der Waals surface area (Å²) in [5.41, 5.74) is 3.31. The van der Waals surface area contributed by atoms with Gasteiger partial charge in [0.15, 0.2) is 0 Å². The fraction of sp³-hybridized carbons (Fsp3) is 0.409. The Kier molecular flexibility index (Phi) is 4.47. The van der Waals surface area contributed by atoms with E-state index in [9.17, 15) is 4.79 Å². The Balaban J connectivity index is 1.20. The van der Waals surface area contributed by atoms with Crippen LogP contribution in [-0.4, -0.2) is 58.6 Å². The number of hydrogen-bond donors (Lipinski definition) is 1. The predicted molar refractivity (Wildman–Crippen MR) is 111 cm³/mol. The smallest absolute Gasteiger partial charge is 0.341 e. The van der Waals surface area contributed by atoms with Gasteiger partial charge in [0.05, 0.1) is 12.2 Å². The number of ether oxygens (including phenoxy) is 1. The van der Waals surface area contributed by atoms with Crippen LogP contribution in [0.15, 0.2) is 42.9 Å². The van der Waals surface area contributed by atoms with Crippen LogP contribution >= 0.6 is 0 Å². The van der Waals surface area contributed by atoms with Gasteiger partial charge in [-0.15, -0.1) is 0 Å². The molecule has 3 aromatic rings. The highest BCUT2D eigenvalue weighted by molar-refractivity contribution is 5.88. The number of aromatic nitrogens is 3. The summed E-state index contributed by atoms with van der Waals surface area (Å²) < 4.78 is 5.00. The van der Waals surface area contributed by atoms with Crippen molar-refractivity contribution in [3.05, 3.63) is 54.0 Å². The van der Waals surface area contributed by atoms with Crippen LogP contribution in [0, 0.1) is 5.41 Å². The number of benzene rings is 1. The molecule has 2 aromatic heterocycles. The number of rotatable bonds is 5. The second-order valence-corrected chi connectivity index (χ2v) is 8.16. The van der Waals surface area contributed by atoms with E-state index in [0.29, 0.717) is 23.5 Å². The molecule has 29 heavy (non-hydrogen) atoms. The van der Waals surface area contributed by atoms with E-state index >= 15 is 0 Å². The zero-order chi connectivity index (χ0) is 19.8. The molecule has 2 aliphatic heterocycles. The number of nitrogens with one attached hydrogen (secondary N) is 1. The second kappa shape index (κ2) is 7.15. The number of H-pyrrole nitrogens is 1. The van der Waals surface area contributed by atoms with Crippen molar-refractivity contribution in [1.82, 2.24) is 19.9 Å². The Bertz CT molecular complexity index is 1020. The van der Waals surface area contributed by atoms with Gasteiger partial charge in [-0.3, -0.25) is 4.90 Å². The first kappa shape index (κ1) is 18.1. The number of carbonyl (C=O) groups excluding carboxylic acids is 1. The molecular weight excluding hydrogens is 366 g/mol. The summed E-state index contributed by atoms with van der Waals surface area (Å²) in [6.45, 7) is 7.26. The summed E-state index contributed by atoms with van der Waals surface area (Å²) in [7, 11) is 0. The third kappa shape index (κ3) is 3.35. The van der Waals surface area contributed by atoms with Gasteiger partial charge in [0.1, 0.15) is 0 Å². The fourth-order valence-corrected chi connectivity index (χ4v) is 4.71. The number of hydrogen-bond acceptors (Lipinski definition) is 6. The Morgan fingerprint density at radius 3 is 2.83 bits per heavy atom. The van der Waals surface area contributed by atoms with E-state index in [1.54, 1.807) is 19.3 Å². The number of aromatic amines is 1. The first-order valence-corrected chi connectivity index (χ1v) is 10.2. The Morgan fingerprint density at radius 1 is 1.21 bits per heavy atom. The van der Waals surface area contributed by atoms with E-state index in [2.05, 4.69) is 49.0 Å². The average Bonchev–Trinajstić information content (AvgIpc) is 3.36. The minimum Gasteiger partial charge on any atom is -0.462 e. The van der Waals surface area contributed by atoms with Crippen molar-refractivity contribution in [2.45, 2.75) is 19.9 Å². The zero-order valence-corrected chi connectivity index (χ0v) is 16.6. The van der Waals surface area contributed by atoms with Crippen LogP contribution in [0.1, 0.15) is 29.3 Å². The maximum atomic E-state index is 11.8. The van der Waals surface area contributed by atoms with E-state index in [4.69, 9.17) is 4.74 Å². The largest absolute Gasteiger partial charge is 0.462 e. The number of nitrogens with zero attached hydrogens (tertiary/aromatic N) is 4. The fourth-order valence-electron chi connectivity index (χ4n) is 4.71. The molecule has 0 saturated carbocycles. The molecule has 0 radical (unpaired) electrons. The van der Waals surface area contributed by atoms with Crippen LogP contribution in [0.2, 0.25) is 0 Å². The van der Waals surface area contributed by atoms with Crippen LogP contribution < -0.4 is 4.90 Å². The van der Waals surface area contributed by atoms with Gasteiger partial charge in [-0.1, -0.05) is 12.1 Å². The van der Waals surface area contributed by atoms with Gasteiger partial charge >= 0.3 is 5.97 Å². The van der Waals surface area contributed by atoms with E-state index in [1.165, 1.54) is 16.5 Å². The lowest BCUT2D eigenvalue weighted by molar-refractivity contribution is 0.0119. The van der Waals surface area contributed by atoms with E-state index in [0.717, 1.165) is 39.1 Å². The summed E-state index contributed by atoms with van der Waals surface area (Å²) in [6.07, 6.45) is 6.29. The van der Waals surface area contributed by atoms with E-state index in [-0.39, 0.29) is 5.97 Å². The molecular formula is C22H25N5O2. The van der Waals surface area contributed by atoms with Gasteiger partial charge in [-0.2, -0.15) is 0 Å². The Morgan fingerprint density at radius 2 is 2.03 bits per heavy atom. The van der Waals surface area contributed by atoms with Crippen LogP contribution in [0.5, 0.6) is 0 Å². The summed E-state index contributed by atoms with van der Waals surface area (Å²) in [6, 6.07) is 8.63. The number of fused-ring (bicyclic) bond motifs is 1. The standard InChI is InChI=1S/C22H25N5O2/c1-2-29-20(28)17-10-24-21(25-11-17)27-9-7-22(15-27)13-26(14-22)12-16-4-3-5-19-18(16)6-8-23-19/h3-6,8,10-11,23H,2,7,9,12-15H2,1H3. The van der Waals surface area contributed by atoms with Crippen molar-refractivity contribution in [3.8, 4) is 0 Å². The quantitative estimate of drug-likeness (QED) is 0.674. The van der Waals surface area contributed by atoms with Crippen molar-refractivity contribution >= 4 is 22.8 Å². The summed E-state index contributed by atoms with van der Waals surface area (Å²) in [4.78, 5) is 28.6. The van der Waals surface area contributed by atoms with Crippen molar-refractivity contribution in [3.63, 3.8) is 0 Å². The van der Waals surface area contributed by atoms with Crippen LogP contribution in [0.25, 0.3) is 10.9 Å². The molecule has 0 bridgehead atoms. The molecule has 4 heterocycles. The van der Waals surface area contributed by atoms with E-state index in [1.807, 2.05) is 6.20 Å². The molecule has 0 aliphatic carbocycles. The molecule has 1 N–H and O–H groups in total. The number of esters is 1. The molecule has 0 unspecified atom stereocenters. The second-order valence-electron chi connectivity index (χ2n) is 8.16. The lowest BCUT2D eigenvalue weighted by atomic mass is 9.79. The van der Waals surface area contributed by atoms with Gasteiger partial charge in [-0.05, 0) is 31.0 Å². The molecule has 5 rings (SSSR count). The van der Waals surface area contributed by atoms with Crippen LogP contribution in [-0.2, 0) is 11.3 Å². The normalized spacial score (nSPS) is 18.3. The van der Waals surface area contributed by atoms with E-state index < -0.39 is 0 Å². The number of carbonyl (C=O) groups is 1. The topological polar surface area (TPSA) is 74.3 Å².